The number of rotatable bonds is 2. The first-order chi connectivity index (χ1) is 9.65. The van der Waals surface area contributed by atoms with Crippen LogP contribution in [0.2, 0.25) is 0 Å². The molecule has 5 heteroatoms. The van der Waals surface area contributed by atoms with Gasteiger partial charge in [-0.1, -0.05) is 6.42 Å². The number of hydrogen-bond acceptors (Lipinski definition) is 3. The van der Waals surface area contributed by atoms with Gasteiger partial charge in [0.25, 0.3) is 11.5 Å². The van der Waals surface area contributed by atoms with E-state index in [9.17, 15) is 9.59 Å². The molecule has 2 saturated heterocycles. The molecule has 0 aromatic carbocycles. The minimum atomic E-state index is -0.305. The summed E-state index contributed by atoms with van der Waals surface area (Å²) >= 11 is 0. The third kappa shape index (κ3) is 2.50. The normalized spacial score (nSPS) is 26.2. The van der Waals surface area contributed by atoms with E-state index < -0.39 is 0 Å². The third-order valence-electron chi connectivity index (χ3n) is 4.47. The smallest absolute Gasteiger partial charge is 0.260 e. The van der Waals surface area contributed by atoms with E-state index in [0.717, 1.165) is 31.6 Å². The molecule has 0 unspecified atom stereocenters. The van der Waals surface area contributed by atoms with Gasteiger partial charge in [0, 0.05) is 24.3 Å². The predicted octanol–water partition coefficient (Wildman–Crippen LogP) is 1.04. The summed E-state index contributed by atoms with van der Waals surface area (Å²) < 4.78 is 0. The van der Waals surface area contributed by atoms with Crippen molar-refractivity contribution in [2.45, 2.75) is 44.7 Å². The number of aromatic amines is 1. The van der Waals surface area contributed by atoms with Crippen LogP contribution in [0.4, 0.5) is 0 Å². The van der Waals surface area contributed by atoms with Crippen molar-refractivity contribution in [2.75, 3.05) is 13.1 Å². The largest absolute Gasteiger partial charge is 0.348 e. The Morgan fingerprint density at radius 1 is 1.30 bits per heavy atom. The third-order valence-corrected chi connectivity index (χ3v) is 4.47. The molecular formula is C15H21N3O2. The van der Waals surface area contributed by atoms with Crippen molar-refractivity contribution in [3.8, 4) is 0 Å². The molecule has 3 heterocycles. The molecule has 2 fully saturated rings. The van der Waals surface area contributed by atoms with Crippen LogP contribution < -0.4 is 10.9 Å². The number of H-pyrrole nitrogens is 1. The average molecular weight is 275 g/mol. The molecular weight excluding hydrogens is 254 g/mol. The molecule has 3 rings (SSSR count). The number of pyridine rings is 1. The van der Waals surface area contributed by atoms with Gasteiger partial charge in [0.05, 0.1) is 0 Å². The van der Waals surface area contributed by atoms with Gasteiger partial charge in [0.2, 0.25) is 0 Å². The summed E-state index contributed by atoms with van der Waals surface area (Å²) in [5.74, 6) is -0.247. The van der Waals surface area contributed by atoms with Crippen molar-refractivity contribution < 1.29 is 4.79 Å². The number of carbonyl (C=O) groups is 1. The minimum absolute atomic E-state index is 0.184. The zero-order valence-electron chi connectivity index (χ0n) is 11.8. The van der Waals surface area contributed by atoms with Gasteiger partial charge in [-0.15, -0.1) is 0 Å². The number of fused-ring (bicyclic) bond motifs is 1. The van der Waals surface area contributed by atoms with Gasteiger partial charge in [0.15, 0.2) is 0 Å². The summed E-state index contributed by atoms with van der Waals surface area (Å²) in [6.45, 7) is 4.00. The summed E-state index contributed by atoms with van der Waals surface area (Å²) in [6, 6.07) is 4.01. The Kier molecular flexibility index (Phi) is 3.61. The monoisotopic (exact) mass is 275 g/mol. The van der Waals surface area contributed by atoms with E-state index in [1.807, 2.05) is 0 Å². The molecule has 20 heavy (non-hydrogen) atoms. The summed E-state index contributed by atoms with van der Waals surface area (Å²) in [7, 11) is 0. The van der Waals surface area contributed by atoms with Crippen LogP contribution in [0, 0.1) is 6.92 Å². The maximum atomic E-state index is 12.3. The summed E-state index contributed by atoms with van der Waals surface area (Å²) in [4.78, 5) is 29.2. The number of nitrogens with zero attached hydrogens (tertiary/aromatic N) is 1. The van der Waals surface area contributed by atoms with E-state index in [1.165, 1.54) is 12.8 Å². The molecule has 1 aromatic heterocycles. The average Bonchev–Trinajstić information content (AvgIpc) is 2.82. The Morgan fingerprint density at radius 2 is 2.15 bits per heavy atom. The number of piperidine rings is 1. The van der Waals surface area contributed by atoms with Crippen LogP contribution in [0.3, 0.4) is 0 Å². The van der Waals surface area contributed by atoms with Crippen molar-refractivity contribution in [1.29, 1.82) is 0 Å². The second-order valence-corrected chi connectivity index (χ2v) is 5.85. The Hall–Kier alpha value is -1.62. The fourth-order valence-corrected chi connectivity index (χ4v) is 3.41. The predicted molar refractivity (Wildman–Crippen MR) is 76.9 cm³/mol. The molecule has 2 N–H and O–H groups in total. The lowest BCUT2D eigenvalue weighted by atomic mass is 9.99. The van der Waals surface area contributed by atoms with Gasteiger partial charge < -0.3 is 10.3 Å². The molecule has 0 radical (unpaired) electrons. The van der Waals surface area contributed by atoms with Gasteiger partial charge in [-0.3, -0.25) is 14.5 Å². The number of carbonyl (C=O) groups excluding carboxylic acids is 1. The van der Waals surface area contributed by atoms with Gasteiger partial charge in [-0.25, -0.2) is 0 Å². The molecule has 1 amide bonds. The van der Waals surface area contributed by atoms with E-state index in [2.05, 4.69) is 15.2 Å². The van der Waals surface area contributed by atoms with E-state index in [0.29, 0.717) is 6.04 Å². The fraction of sp³-hybridized carbons (Fsp3) is 0.600. The Morgan fingerprint density at radius 3 is 2.95 bits per heavy atom. The second-order valence-electron chi connectivity index (χ2n) is 5.85. The molecule has 2 atom stereocenters. The van der Waals surface area contributed by atoms with Crippen LogP contribution >= 0.6 is 0 Å². The molecule has 0 bridgehead atoms. The zero-order chi connectivity index (χ0) is 14.1. The summed E-state index contributed by atoms with van der Waals surface area (Å²) in [5.41, 5.74) is 0.678. The molecule has 108 valence electrons. The van der Waals surface area contributed by atoms with Crippen LogP contribution in [0.25, 0.3) is 0 Å². The lowest BCUT2D eigenvalue weighted by Gasteiger charge is -2.32. The molecule has 1 aromatic rings. The number of hydrogen-bond donors (Lipinski definition) is 2. The van der Waals surface area contributed by atoms with Crippen molar-refractivity contribution in [1.82, 2.24) is 15.2 Å². The molecule has 5 nitrogen and oxygen atoms in total. The van der Waals surface area contributed by atoms with E-state index in [4.69, 9.17) is 0 Å². The first-order valence-corrected chi connectivity index (χ1v) is 7.40. The van der Waals surface area contributed by atoms with Gasteiger partial charge >= 0.3 is 0 Å². The van der Waals surface area contributed by atoms with Crippen LogP contribution in [-0.4, -0.2) is 41.0 Å². The van der Waals surface area contributed by atoms with E-state index in [1.54, 1.807) is 19.1 Å². The van der Waals surface area contributed by atoms with Crippen LogP contribution in [0.15, 0.2) is 16.9 Å². The minimum Gasteiger partial charge on any atom is -0.348 e. The van der Waals surface area contributed by atoms with Gasteiger partial charge in [0.1, 0.15) is 5.56 Å². The second kappa shape index (κ2) is 5.40. The lowest BCUT2D eigenvalue weighted by molar-refractivity contribution is 0.0914. The molecule has 0 spiro atoms. The van der Waals surface area contributed by atoms with Crippen molar-refractivity contribution >= 4 is 5.91 Å². The number of amides is 1. The molecule has 0 saturated carbocycles. The highest BCUT2D eigenvalue weighted by Gasteiger charge is 2.36. The van der Waals surface area contributed by atoms with Crippen molar-refractivity contribution in [3.05, 3.63) is 33.7 Å². The van der Waals surface area contributed by atoms with Crippen LogP contribution in [0.5, 0.6) is 0 Å². The summed E-state index contributed by atoms with van der Waals surface area (Å²) in [6.07, 6.45) is 4.63. The van der Waals surface area contributed by atoms with Crippen LogP contribution in [-0.2, 0) is 0 Å². The molecule has 2 aliphatic rings. The highest BCUT2D eigenvalue weighted by Crippen LogP contribution is 2.27. The lowest BCUT2D eigenvalue weighted by Crippen LogP contribution is -2.47. The highest BCUT2D eigenvalue weighted by atomic mass is 16.2. The van der Waals surface area contributed by atoms with Gasteiger partial charge in [-0.2, -0.15) is 0 Å². The Balaban J connectivity index is 1.71. The highest BCUT2D eigenvalue weighted by molar-refractivity contribution is 5.94. The topological polar surface area (TPSA) is 65.2 Å². The van der Waals surface area contributed by atoms with Crippen molar-refractivity contribution in [3.63, 3.8) is 0 Å². The molecule has 0 aliphatic carbocycles. The van der Waals surface area contributed by atoms with Crippen LogP contribution in [0.1, 0.15) is 41.7 Å². The number of nitrogens with one attached hydrogen (secondary N) is 2. The zero-order valence-corrected chi connectivity index (χ0v) is 11.8. The number of aromatic nitrogens is 1. The van der Waals surface area contributed by atoms with E-state index in [-0.39, 0.29) is 23.1 Å². The van der Waals surface area contributed by atoms with Gasteiger partial charge in [-0.05, 0) is 44.9 Å². The summed E-state index contributed by atoms with van der Waals surface area (Å²) in [5, 5.41) is 3.05. The maximum absolute atomic E-state index is 12.3. The fourth-order valence-electron chi connectivity index (χ4n) is 3.41. The molecule has 2 aliphatic heterocycles. The Bertz CT molecular complexity index is 566. The maximum Gasteiger partial charge on any atom is 0.260 e. The standard InChI is InChI=1S/C15H21N3O2/c1-10-5-6-11(14(19)16-10)15(20)17-12-7-9-18-8-3-2-4-13(12)18/h5-6,12-13H,2-4,7-9H2,1H3,(H,16,19)(H,17,20)/t12-,13-/m0/s1. The first kappa shape index (κ1) is 13.4. The van der Waals surface area contributed by atoms with E-state index >= 15 is 0 Å². The quantitative estimate of drug-likeness (QED) is 0.847. The van der Waals surface area contributed by atoms with Crippen molar-refractivity contribution in [2.24, 2.45) is 0 Å². The SMILES string of the molecule is Cc1ccc(C(=O)N[C@H]2CCN3CCCC[C@@H]23)c(=O)[nH]1. The number of aryl methyl sites for hydroxylation is 1. The first-order valence-electron chi connectivity index (χ1n) is 7.40. The Labute approximate surface area is 118 Å².